The van der Waals surface area contributed by atoms with Crippen LogP contribution in [-0.2, 0) is 6.42 Å². The molecule has 1 heterocycles. The number of hydrogen-bond donors (Lipinski definition) is 3. The number of aryl methyl sites for hydroxylation is 2. The second-order valence-corrected chi connectivity index (χ2v) is 8.86. The van der Waals surface area contributed by atoms with E-state index in [9.17, 15) is 0 Å². The fraction of sp³-hybridized carbons (Fsp3) is 0.208. The van der Waals surface area contributed by atoms with Crippen molar-refractivity contribution in [2.75, 3.05) is 5.73 Å². The summed E-state index contributed by atoms with van der Waals surface area (Å²) in [5.74, 6) is 6.25. The lowest BCUT2D eigenvalue weighted by Gasteiger charge is -2.03. The molecule has 5 nitrogen and oxygen atoms in total. The molecule has 3 aromatic rings. The van der Waals surface area contributed by atoms with Crippen LogP contribution in [0.1, 0.15) is 41.3 Å². The Balaban J connectivity index is 0.000000285. The van der Waals surface area contributed by atoms with Gasteiger partial charge in [0.25, 0.3) is 0 Å². The van der Waals surface area contributed by atoms with Gasteiger partial charge in [0.05, 0.1) is 9.88 Å². The van der Waals surface area contributed by atoms with E-state index in [1.807, 2.05) is 49.4 Å². The van der Waals surface area contributed by atoms with Crippen LogP contribution in [0.2, 0.25) is 0 Å². The number of anilines is 1. The van der Waals surface area contributed by atoms with Crippen LogP contribution in [0.15, 0.2) is 66.6 Å². The Bertz CT molecular complexity index is 983. The van der Waals surface area contributed by atoms with Crippen molar-refractivity contribution in [2.45, 2.75) is 33.6 Å². The van der Waals surface area contributed by atoms with Crippen molar-refractivity contribution in [2.24, 2.45) is 5.84 Å². The predicted octanol–water partition coefficient (Wildman–Crippen LogP) is 6.19. The van der Waals surface area contributed by atoms with E-state index >= 15 is 0 Å². The van der Waals surface area contributed by atoms with Gasteiger partial charge in [0.15, 0.2) is 0 Å². The van der Waals surface area contributed by atoms with Crippen molar-refractivity contribution in [3.8, 4) is 5.75 Å². The van der Waals surface area contributed by atoms with Gasteiger partial charge in [-0.1, -0.05) is 78.9 Å². The number of thioether (sulfide) groups is 1. The molecule has 7 heteroatoms. The number of aromatic nitrogens is 1. The van der Waals surface area contributed by atoms with E-state index in [1.54, 1.807) is 23.1 Å². The molecule has 0 unspecified atom stereocenters. The smallest absolute Gasteiger partial charge is 0.149 e. The quantitative estimate of drug-likeness (QED) is 0.278. The standard InChI is InChI=1S/C17H20N2S2.C7H10N2O/c1-4-8-15-19-17(18)16(21-15)13(3)20-11-12(2)14-9-6-5-7-10-14;1-6-2-4-7(5-3-6)10-9-8/h5-7,9-11H,3-4,8,18H2,1-2H3;2-5,9H,8H2,1H3/b12-11+;. The van der Waals surface area contributed by atoms with Gasteiger partial charge in [0, 0.05) is 4.91 Å². The van der Waals surface area contributed by atoms with Crippen molar-refractivity contribution >= 4 is 39.4 Å². The lowest BCUT2D eigenvalue weighted by atomic mass is 10.1. The molecule has 0 aliphatic carbocycles. The number of nitrogen functional groups attached to an aromatic ring is 1. The first-order valence-corrected chi connectivity index (χ1v) is 11.7. The molecule has 0 fully saturated rings. The van der Waals surface area contributed by atoms with Crippen LogP contribution in [0.4, 0.5) is 5.82 Å². The summed E-state index contributed by atoms with van der Waals surface area (Å²) >= 11 is 3.27. The zero-order valence-corrected chi connectivity index (χ0v) is 19.9. The molecular formula is C24H30N4OS2. The highest BCUT2D eigenvalue weighted by atomic mass is 32.2. The van der Waals surface area contributed by atoms with Crippen LogP contribution >= 0.6 is 23.1 Å². The van der Waals surface area contributed by atoms with Crippen LogP contribution in [-0.4, -0.2) is 4.98 Å². The number of nitrogens with zero attached hydrogens (tertiary/aromatic N) is 1. The number of rotatable bonds is 8. The third kappa shape index (κ3) is 8.22. The fourth-order valence-electron chi connectivity index (χ4n) is 2.56. The van der Waals surface area contributed by atoms with Crippen molar-refractivity contribution in [1.29, 1.82) is 0 Å². The van der Waals surface area contributed by atoms with Crippen molar-refractivity contribution in [3.63, 3.8) is 0 Å². The van der Waals surface area contributed by atoms with Crippen LogP contribution in [0.3, 0.4) is 0 Å². The molecule has 3 rings (SSSR count). The van der Waals surface area contributed by atoms with Crippen molar-refractivity contribution in [1.82, 2.24) is 10.6 Å². The van der Waals surface area contributed by atoms with Crippen LogP contribution in [0.5, 0.6) is 5.75 Å². The van der Waals surface area contributed by atoms with Crippen LogP contribution in [0.25, 0.3) is 10.5 Å². The molecule has 0 saturated heterocycles. The number of hydrogen-bond acceptors (Lipinski definition) is 7. The molecule has 0 radical (unpaired) electrons. The third-order valence-electron chi connectivity index (χ3n) is 4.22. The SMILES string of the molecule is C=C(S/C=C(\C)c1ccccc1)c1sc(CCC)nc1N.Cc1ccc(ONN)cc1. The van der Waals surface area contributed by atoms with E-state index in [0.29, 0.717) is 11.6 Å². The van der Waals surface area contributed by atoms with Gasteiger partial charge in [-0.2, -0.15) is 0 Å². The number of nitrogens with one attached hydrogen (secondary N) is 1. The minimum atomic E-state index is 0.603. The topological polar surface area (TPSA) is 86.2 Å². The number of hydrazine groups is 1. The summed E-state index contributed by atoms with van der Waals surface area (Å²) in [6.45, 7) is 10.4. The van der Waals surface area contributed by atoms with Gasteiger partial charge >= 0.3 is 0 Å². The van der Waals surface area contributed by atoms with Gasteiger partial charge in [-0.05, 0) is 55.4 Å². The lowest BCUT2D eigenvalue weighted by molar-refractivity contribution is 0.199. The van der Waals surface area contributed by atoms with E-state index in [0.717, 1.165) is 27.6 Å². The molecule has 0 saturated carbocycles. The van der Waals surface area contributed by atoms with Gasteiger partial charge in [-0.15, -0.1) is 11.3 Å². The highest BCUT2D eigenvalue weighted by Crippen LogP contribution is 2.36. The summed E-state index contributed by atoms with van der Waals surface area (Å²) in [5, 5.41) is 3.21. The maximum atomic E-state index is 5.99. The molecule has 164 valence electrons. The summed E-state index contributed by atoms with van der Waals surface area (Å²) in [5.41, 5.74) is 11.7. The van der Waals surface area contributed by atoms with E-state index in [-0.39, 0.29) is 0 Å². The number of allylic oxidation sites excluding steroid dienone is 1. The van der Waals surface area contributed by atoms with E-state index < -0.39 is 0 Å². The molecule has 2 aromatic carbocycles. The first kappa shape index (κ1) is 24.7. The molecule has 0 atom stereocenters. The van der Waals surface area contributed by atoms with Gasteiger partial charge in [-0.3, -0.25) is 0 Å². The summed E-state index contributed by atoms with van der Waals surface area (Å²) in [6.07, 6.45) is 2.06. The van der Waals surface area contributed by atoms with Gasteiger partial charge in [0.2, 0.25) is 0 Å². The Morgan fingerprint density at radius 3 is 2.48 bits per heavy atom. The average molecular weight is 455 g/mol. The predicted molar refractivity (Wildman–Crippen MR) is 136 cm³/mol. The van der Waals surface area contributed by atoms with Gasteiger partial charge in [-0.25, -0.2) is 10.8 Å². The summed E-state index contributed by atoms with van der Waals surface area (Å²) in [6, 6.07) is 17.9. The van der Waals surface area contributed by atoms with E-state index in [4.69, 9.17) is 16.4 Å². The zero-order valence-electron chi connectivity index (χ0n) is 18.2. The number of benzene rings is 2. The fourth-order valence-corrected chi connectivity index (χ4v) is 4.44. The average Bonchev–Trinajstić information content (AvgIpc) is 3.15. The molecule has 1 aromatic heterocycles. The highest BCUT2D eigenvalue weighted by Gasteiger charge is 2.11. The van der Waals surface area contributed by atoms with Gasteiger partial charge < -0.3 is 10.6 Å². The molecule has 0 spiro atoms. The second kappa shape index (κ2) is 13.0. The van der Waals surface area contributed by atoms with Crippen molar-refractivity contribution < 1.29 is 4.84 Å². The molecule has 31 heavy (non-hydrogen) atoms. The summed E-state index contributed by atoms with van der Waals surface area (Å²) < 4.78 is 0. The van der Waals surface area contributed by atoms with Crippen LogP contribution < -0.4 is 22.0 Å². The van der Waals surface area contributed by atoms with E-state index in [1.165, 1.54) is 16.7 Å². The van der Waals surface area contributed by atoms with Crippen LogP contribution in [0, 0.1) is 6.92 Å². The van der Waals surface area contributed by atoms with E-state index in [2.05, 4.69) is 48.5 Å². The molecule has 5 N–H and O–H groups in total. The molecule has 0 bridgehead atoms. The maximum Gasteiger partial charge on any atom is 0.149 e. The zero-order chi connectivity index (χ0) is 22.6. The lowest BCUT2D eigenvalue weighted by Crippen LogP contribution is -2.25. The molecular weight excluding hydrogens is 424 g/mol. The Morgan fingerprint density at radius 1 is 1.19 bits per heavy atom. The largest absolute Gasteiger partial charge is 0.394 e. The Kier molecular flexibility index (Phi) is 10.3. The summed E-state index contributed by atoms with van der Waals surface area (Å²) in [7, 11) is 0. The third-order valence-corrected chi connectivity index (χ3v) is 6.50. The number of nitrogens with two attached hydrogens (primary N) is 2. The molecule has 0 aliphatic heterocycles. The maximum absolute atomic E-state index is 5.99. The second-order valence-electron chi connectivity index (χ2n) is 6.81. The highest BCUT2D eigenvalue weighted by molar-refractivity contribution is 8.11. The van der Waals surface area contributed by atoms with Gasteiger partial charge in [0.1, 0.15) is 11.6 Å². The minimum Gasteiger partial charge on any atom is -0.394 e. The minimum absolute atomic E-state index is 0.603. The monoisotopic (exact) mass is 454 g/mol. The Hall–Kier alpha value is -2.58. The number of thiazole rings is 1. The normalized spacial score (nSPS) is 10.9. The first-order chi connectivity index (χ1) is 14.9. The first-order valence-electron chi connectivity index (χ1n) is 9.97. The Labute approximate surface area is 193 Å². The Morgan fingerprint density at radius 2 is 1.87 bits per heavy atom. The van der Waals surface area contributed by atoms with Crippen molar-refractivity contribution in [3.05, 3.63) is 87.6 Å². The summed E-state index contributed by atoms with van der Waals surface area (Å²) in [4.78, 5) is 11.2. The molecule has 0 amide bonds. The molecule has 0 aliphatic rings.